The third-order valence-corrected chi connectivity index (χ3v) is 5.94. The van der Waals surface area contributed by atoms with Crippen molar-refractivity contribution in [1.29, 1.82) is 0 Å². The molecule has 0 aromatic heterocycles. The third-order valence-electron chi connectivity index (χ3n) is 5.94. The van der Waals surface area contributed by atoms with E-state index in [2.05, 4.69) is 16.6 Å². The Morgan fingerprint density at radius 2 is 1.46 bits per heavy atom. The Bertz CT molecular complexity index is 1240. The topological polar surface area (TPSA) is 105 Å². The quantitative estimate of drug-likeness (QED) is 0.436. The van der Waals surface area contributed by atoms with E-state index in [0.29, 0.717) is 5.56 Å². The van der Waals surface area contributed by atoms with Gasteiger partial charge in [-0.2, -0.15) is 0 Å². The molecular weight excluding hydrogens is 444 g/mol. The van der Waals surface area contributed by atoms with Crippen LogP contribution in [0.1, 0.15) is 35.1 Å². The first-order chi connectivity index (χ1) is 17.0. The molecule has 0 saturated carbocycles. The first-order valence-electron chi connectivity index (χ1n) is 11.1. The van der Waals surface area contributed by atoms with Gasteiger partial charge in [-0.05, 0) is 27.8 Å². The number of aliphatic carboxylic acids is 1. The highest BCUT2D eigenvalue weighted by Gasteiger charge is 2.31. The summed E-state index contributed by atoms with van der Waals surface area (Å²) < 4.78 is 5.56. The van der Waals surface area contributed by atoms with Crippen LogP contribution < -0.4 is 10.6 Å². The first kappa shape index (κ1) is 23.6. The molecular formula is C28H24N2O5. The highest BCUT2D eigenvalue weighted by Crippen LogP contribution is 2.44. The average Bonchev–Trinajstić information content (AvgIpc) is 3.20. The molecule has 176 valence electrons. The molecule has 0 radical (unpaired) electrons. The van der Waals surface area contributed by atoms with Gasteiger partial charge in [0.25, 0.3) is 0 Å². The highest BCUT2D eigenvalue weighted by molar-refractivity contribution is 5.90. The number of carboxylic acid groups (broad SMARTS) is 1. The second-order valence-corrected chi connectivity index (χ2v) is 8.12. The van der Waals surface area contributed by atoms with E-state index in [1.54, 1.807) is 30.3 Å². The molecule has 0 spiro atoms. The zero-order valence-electron chi connectivity index (χ0n) is 18.8. The molecule has 0 fully saturated rings. The molecule has 0 aliphatic heterocycles. The number of alkyl carbamates (subject to hydrolysis) is 1. The lowest BCUT2D eigenvalue weighted by atomic mass is 9.98. The number of ether oxygens (including phenoxy) is 1. The van der Waals surface area contributed by atoms with E-state index in [1.807, 2.05) is 48.5 Å². The molecule has 3 N–H and O–H groups in total. The van der Waals surface area contributed by atoms with E-state index in [1.165, 1.54) is 0 Å². The number of terminal acetylenes is 1. The van der Waals surface area contributed by atoms with Crippen LogP contribution in [0.15, 0.2) is 78.9 Å². The Morgan fingerprint density at radius 1 is 0.886 bits per heavy atom. The molecule has 4 rings (SSSR count). The number of carbonyl (C=O) groups is 3. The van der Waals surface area contributed by atoms with Gasteiger partial charge in [0.05, 0.1) is 0 Å². The Kier molecular flexibility index (Phi) is 7.12. The Hall–Kier alpha value is -4.57. The molecule has 1 aliphatic rings. The molecule has 2 amide bonds. The van der Waals surface area contributed by atoms with Crippen molar-refractivity contribution in [3.05, 3.63) is 95.6 Å². The zero-order valence-corrected chi connectivity index (χ0v) is 18.8. The minimum atomic E-state index is -1.27. The minimum absolute atomic E-state index is 0.0812. The normalized spacial score (nSPS) is 13.5. The summed E-state index contributed by atoms with van der Waals surface area (Å²) in [6, 6.07) is 22.0. The number of nitrogens with one attached hydrogen (secondary N) is 2. The van der Waals surface area contributed by atoms with Crippen LogP contribution in [0.25, 0.3) is 11.1 Å². The van der Waals surface area contributed by atoms with E-state index in [0.717, 1.165) is 22.3 Å². The van der Waals surface area contributed by atoms with Crippen molar-refractivity contribution < 1.29 is 24.2 Å². The summed E-state index contributed by atoms with van der Waals surface area (Å²) >= 11 is 0. The maximum Gasteiger partial charge on any atom is 0.408 e. The molecule has 3 aromatic carbocycles. The van der Waals surface area contributed by atoms with Crippen LogP contribution in [-0.2, 0) is 14.3 Å². The summed E-state index contributed by atoms with van der Waals surface area (Å²) in [5.74, 6) is 0.138. The molecule has 2 unspecified atom stereocenters. The van der Waals surface area contributed by atoms with Crippen molar-refractivity contribution >= 4 is 18.0 Å². The monoisotopic (exact) mass is 468 g/mol. The summed E-state index contributed by atoms with van der Waals surface area (Å²) in [5, 5.41) is 14.3. The molecule has 1 aliphatic carbocycles. The number of hydrogen-bond acceptors (Lipinski definition) is 4. The number of carbonyl (C=O) groups excluding carboxylic acids is 2. The maximum absolute atomic E-state index is 12.9. The molecule has 0 bridgehead atoms. The predicted molar refractivity (Wildman–Crippen MR) is 130 cm³/mol. The molecule has 0 heterocycles. The standard InChI is InChI=1S/C28H24N2O5/c1-2-10-24(27(32)33)29-26(31)25(18-11-4-3-5-12-18)30-28(34)35-17-23-21-15-8-6-13-19(21)20-14-7-9-16-22(20)23/h1,3-9,11-16,23-25H,10,17H2,(H,29,31)(H,30,34)(H,32,33). The van der Waals surface area contributed by atoms with Gasteiger partial charge in [-0.25, -0.2) is 9.59 Å². The van der Waals surface area contributed by atoms with Crippen LogP contribution in [0.5, 0.6) is 0 Å². The summed E-state index contributed by atoms with van der Waals surface area (Å²) in [5.41, 5.74) is 4.82. The van der Waals surface area contributed by atoms with Crippen LogP contribution >= 0.6 is 0 Å². The lowest BCUT2D eigenvalue weighted by Gasteiger charge is -2.21. The number of fused-ring (bicyclic) bond motifs is 3. The van der Waals surface area contributed by atoms with Crippen molar-refractivity contribution in [3.63, 3.8) is 0 Å². The van der Waals surface area contributed by atoms with Crippen LogP contribution in [-0.4, -0.2) is 35.7 Å². The van der Waals surface area contributed by atoms with E-state index in [9.17, 15) is 19.5 Å². The number of benzene rings is 3. The van der Waals surface area contributed by atoms with E-state index < -0.39 is 30.1 Å². The minimum Gasteiger partial charge on any atom is -0.480 e. The second kappa shape index (κ2) is 10.6. The van der Waals surface area contributed by atoms with E-state index in [4.69, 9.17) is 11.2 Å². The Balaban J connectivity index is 1.49. The van der Waals surface area contributed by atoms with Crippen molar-refractivity contribution in [1.82, 2.24) is 10.6 Å². The van der Waals surface area contributed by atoms with Gasteiger partial charge in [0.1, 0.15) is 18.7 Å². The highest BCUT2D eigenvalue weighted by atomic mass is 16.5. The lowest BCUT2D eigenvalue weighted by Crippen LogP contribution is -2.47. The van der Waals surface area contributed by atoms with Crippen molar-refractivity contribution in [2.75, 3.05) is 6.61 Å². The maximum atomic E-state index is 12.9. The molecule has 2 atom stereocenters. The molecule has 0 saturated heterocycles. The fourth-order valence-corrected chi connectivity index (χ4v) is 4.28. The largest absolute Gasteiger partial charge is 0.480 e. The van der Waals surface area contributed by atoms with Gasteiger partial charge in [0.15, 0.2) is 0 Å². The van der Waals surface area contributed by atoms with Gasteiger partial charge in [0, 0.05) is 12.3 Å². The van der Waals surface area contributed by atoms with Crippen LogP contribution in [0.3, 0.4) is 0 Å². The van der Waals surface area contributed by atoms with Gasteiger partial charge < -0.3 is 20.5 Å². The lowest BCUT2D eigenvalue weighted by molar-refractivity contribution is -0.142. The van der Waals surface area contributed by atoms with Crippen molar-refractivity contribution in [2.24, 2.45) is 0 Å². The smallest absolute Gasteiger partial charge is 0.408 e. The fourth-order valence-electron chi connectivity index (χ4n) is 4.28. The second-order valence-electron chi connectivity index (χ2n) is 8.12. The summed E-state index contributed by atoms with van der Waals surface area (Å²) in [6.45, 7) is 0.0812. The SMILES string of the molecule is C#CCC(NC(=O)C(NC(=O)OCC1c2ccccc2-c2ccccc21)c1ccccc1)C(=O)O. The van der Waals surface area contributed by atoms with Crippen LogP contribution in [0, 0.1) is 12.3 Å². The predicted octanol–water partition coefficient (Wildman–Crippen LogP) is 3.86. The molecule has 35 heavy (non-hydrogen) atoms. The zero-order chi connectivity index (χ0) is 24.8. The molecule has 3 aromatic rings. The van der Waals surface area contributed by atoms with Crippen molar-refractivity contribution in [2.45, 2.75) is 24.4 Å². The van der Waals surface area contributed by atoms with Crippen LogP contribution in [0.4, 0.5) is 4.79 Å². The van der Waals surface area contributed by atoms with Crippen molar-refractivity contribution in [3.8, 4) is 23.5 Å². The van der Waals surface area contributed by atoms with Gasteiger partial charge in [-0.15, -0.1) is 12.3 Å². The van der Waals surface area contributed by atoms with Gasteiger partial charge in [0.2, 0.25) is 5.91 Å². The number of amides is 2. The Morgan fingerprint density at radius 3 is 2.03 bits per heavy atom. The van der Waals surface area contributed by atoms with E-state index >= 15 is 0 Å². The summed E-state index contributed by atoms with van der Waals surface area (Å²) in [7, 11) is 0. The van der Waals surface area contributed by atoms with E-state index in [-0.39, 0.29) is 18.9 Å². The molecule has 7 nitrogen and oxygen atoms in total. The summed E-state index contributed by atoms with van der Waals surface area (Å²) in [6.07, 6.45) is 4.24. The Labute approximate surface area is 203 Å². The number of rotatable bonds is 8. The van der Waals surface area contributed by atoms with Gasteiger partial charge in [-0.3, -0.25) is 4.79 Å². The fraction of sp³-hybridized carbons (Fsp3) is 0.179. The molecule has 7 heteroatoms. The van der Waals surface area contributed by atoms with Crippen LogP contribution in [0.2, 0.25) is 0 Å². The number of hydrogen-bond donors (Lipinski definition) is 3. The first-order valence-corrected chi connectivity index (χ1v) is 11.1. The summed E-state index contributed by atoms with van der Waals surface area (Å²) in [4.78, 5) is 37.2. The van der Waals surface area contributed by atoms with Gasteiger partial charge in [-0.1, -0.05) is 78.9 Å². The average molecular weight is 469 g/mol. The third kappa shape index (κ3) is 5.17. The number of carboxylic acids is 1. The van der Waals surface area contributed by atoms with Gasteiger partial charge >= 0.3 is 12.1 Å².